The fraction of sp³-hybridized carbons (Fsp3) is 0.0833. The molecule has 0 spiro atoms. The van der Waals surface area contributed by atoms with E-state index in [4.69, 9.17) is 10.8 Å². The molecule has 8 nitrogen and oxygen atoms in total. The Morgan fingerprint density at radius 3 is 2.95 bits per heavy atom. The van der Waals surface area contributed by atoms with Crippen molar-refractivity contribution in [1.29, 1.82) is 0 Å². The monoisotopic (exact) mass is 270 g/mol. The molecule has 0 saturated carbocycles. The summed E-state index contributed by atoms with van der Waals surface area (Å²) in [6.07, 6.45) is 2.93. The Kier molecular flexibility index (Phi) is 2.75. The van der Waals surface area contributed by atoms with Crippen LogP contribution in [0.3, 0.4) is 0 Å². The van der Waals surface area contributed by atoms with E-state index in [2.05, 4.69) is 19.9 Å². The molecular formula is C12H10N6O2. The number of carboxylic acid groups (broad SMARTS) is 1. The van der Waals surface area contributed by atoms with Gasteiger partial charge in [0.15, 0.2) is 11.5 Å². The van der Waals surface area contributed by atoms with Gasteiger partial charge < -0.3 is 15.4 Å². The molecule has 3 aromatic heterocycles. The molecule has 8 heteroatoms. The van der Waals surface area contributed by atoms with Crippen LogP contribution in [0.5, 0.6) is 0 Å². The third kappa shape index (κ3) is 2.03. The number of carboxylic acids is 1. The third-order valence-electron chi connectivity index (χ3n) is 2.79. The minimum absolute atomic E-state index is 0.000982. The summed E-state index contributed by atoms with van der Waals surface area (Å²) < 4.78 is 1.74. The number of nitrogens with two attached hydrogens (primary N) is 1. The minimum Gasteiger partial charge on any atom is -0.477 e. The quantitative estimate of drug-likeness (QED) is 0.713. The van der Waals surface area contributed by atoms with Crippen LogP contribution in [-0.2, 0) is 6.54 Å². The van der Waals surface area contributed by atoms with Gasteiger partial charge in [0, 0.05) is 0 Å². The van der Waals surface area contributed by atoms with E-state index in [0.29, 0.717) is 29.2 Å². The zero-order valence-corrected chi connectivity index (χ0v) is 10.3. The van der Waals surface area contributed by atoms with Gasteiger partial charge in [-0.25, -0.2) is 24.7 Å². The van der Waals surface area contributed by atoms with Crippen molar-refractivity contribution in [3.8, 4) is 0 Å². The van der Waals surface area contributed by atoms with Crippen LogP contribution < -0.4 is 5.73 Å². The van der Waals surface area contributed by atoms with E-state index in [9.17, 15) is 4.79 Å². The highest BCUT2D eigenvalue weighted by Crippen LogP contribution is 2.15. The van der Waals surface area contributed by atoms with Crippen LogP contribution in [0.4, 0.5) is 5.82 Å². The maximum Gasteiger partial charge on any atom is 0.354 e. The second-order valence-corrected chi connectivity index (χ2v) is 4.12. The van der Waals surface area contributed by atoms with Crippen molar-refractivity contribution in [3.05, 3.63) is 42.2 Å². The van der Waals surface area contributed by atoms with E-state index in [1.165, 1.54) is 12.4 Å². The number of rotatable bonds is 3. The average molecular weight is 270 g/mol. The number of imidazole rings is 1. The summed E-state index contributed by atoms with van der Waals surface area (Å²) in [5, 5.41) is 8.92. The number of aromatic nitrogens is 5. The van der Waals surface area contributed by atoms with Crippen LogP contribution in [-0.4, -0.2) is 35.6 Å². The van der Waals surface area contributed by atoms with E-state index in [-0.39, 0.29) is 5.69 Å². The Morgan fingerprint density at radius 2 is 2.15 bits per heavy atom. The number of carbonyl (C=O) groups is 1. The van der Waals surface area contributed by atoms with Crippen LogP contribution in [0.2, 0.25) is 0 Å². The van der Waals surface area contributed by atoms with Gasteiger partial charge in [-0.15, -0.1) is 0 Å². The predicted molar refractivity (Wildman–Crippen MR) is 70.0 cm³/mol. The first kappa shape index (κ1) is 12.0. The van der Waals surface area contributed by atoms with Gasteiger partial charge in [0.1, 0.15) is 17.5 Å². The van der Waals surface area contributed by atoms with E-state index in [0.717, 1.165) is 0 Å². The van der Waals surface area contributed by atoms with Gasteiger partial charge in [0.05, 0.1) is 18.6 Å². The maximum atomic E-state index is 10.9. The fourth-order valence-corrected chi connectivity index (χ4v) is 1.88. The van der Waals surface area contributed by atoms with Gasteiger partial charge in [-0.05, 0) is 12.1 Å². The zero-order chi connectivity index (χ0) is 14.1. The molecule has 3 aromatic rings. The van der Waals surface area contributed by atoms with Crippen molar-refractivity contribution < 1.29 is 9.90 Å². The molecule has 0 saturated heterocycles. The van der Waals surface area contributed by atoms with Crippen molar-refractivity contribution >= 4 is 23.0 Å². The number of hydrogen-bond acceptors (Lipinski definition) is 6. The summed E-state index contributed by atoms with van der Waals surface area (Å²) in [7, 11) is 0. The summed E-state index contributed by atoms with van der Waals surface area (Å²) in [6, 6.07) is 4.83. The fourth-order valence-electron chi connectivity index (χ4n) is 1.88. The molecule has 0 unspecified atom stereocenters. The lowest BCUT2D eigenvalue weighted by atomic mass is 10.3. The number of hydrogen-bond donors (Lipinski definition) is 2. The zero-order valence-electron chi connectivity index (χ0n) is 10.3. The van der Waals surface area contributed by atoms with Gasteiger partial charge in [0.2, 0.25) is 0 Å². The maximum absolute atomic E-state index is 10.9. The number of aromatic carboxylic acids is 1. The highest BCUT2D eigenvalue weighted by atomic mass is 16.4. The van der Waals surface area contributed by atoms with Gasteiger partial charge in [0.25, 0.3) is 0 Å². The first-order valence-electron chi connectivity index (χ1n) is 5.75. The van der Waals surface area contributed by atoms with Crippen molar-refractivity contribution in [3.63, 3.8) is 0 Å². The second kappa shape index (κ2) is 4.57. The first-order chi connectivity index (χ1) is 9.65. The number of nitrogens with zero attached hydrogens (tertiary/aromatic N) is 5. The molecule has 0 aliphatic heterocycles. The molecule has 0 bridgehead atoms. The summed E-state index contributed by atoms with van der Waals surface area (Å²) >= 11 is 0. The Bertz CT molecular complexity index is 797. The number of nitrogen functional groups attached to an aromatic ring is 1. The van der Waals surface area contributed by atoms with E-state index in [1.54, 1.807) is 23.0 Å². The Labute approximate surface area is 112 Å². The molecule has 0 aromatic carbocycles. The Morgan fingerprint density at radius 1 is 1.30 bits per heavy atom. The lowest BCUT2D eigenvalue weighted by Gasteiger charge is -2.04. The second-order valence-electron chi connectivity index (χ2n) is 4.12. The number of pyridine rings is 1. The molecule has 0 aliphatic carbocycles. The summed E-state index contributed by atoms with van der Waals surface area (Å²) in [5.74, 6) is -0.755. The van der Waals surface area contributed by atoms with Crippen LogP contribution in [0.1, 0.15) is 16.2 Å². The van der Waals surface area contributed by atoms with Crippen molar-refractivity contribution in [1.82, 2.24) is 24.5 Å². The third-order valence-corrected chi connectivity index (χ3v) is 2.79. The first-order valence-corrected chi connectivity index (χ1v) is 5.75. The molecule has 0 radical (unpaired) electrons. The van der Waals surface area contributed by atoms with E-state index >= 15 is 0 Å². The molecule has 100 valence electrons. The summed E-state index contributed by atoms with van der Waals surface area (Å²) in [5.41, 5.74) is 7.40. The van der Waals surface area contributed by atoms with Crippen LogP contribution >= 0.6 is 0 Å². The lowest BCUT2D eigenvalue weighted by molar-refractivity contribution is 0.0690. The van der Waals surface area contributed by atoms with E-state index < -0.39 is 5.97 Å². The van der Waals surface area contributed by atoms with Crippen molar-refractivity contribution in [2.45, 2.75) is 6.54 Å². The standard InChI is InChI=1S/C12H10N6O2/c13-10-9-11(15-5-14-10)18(6-16-9)4-7-2-1-3-8(17-7)12(19)20/h1-3,5-6H,4H2,(H,19,20)(H2,13,14,15). The van der Waals surface area contributed by atoms with Crippen LogP contribution in [0.25, 0.3) is 11.2 Å². The summed E-state index contributed by atoms with van der Waals surface area (Å²) in [4.78, 5) is 27.1. The van der Waals surface area contributed by atoms with Gasteiger partial charge in [-0.2, -0.15) is 0 Å². The molecule has 3 N–H and O–H groups in total. The highest BCUT2D eigenvalue weighted by molar-refractivity contribution is 5.85. The highest BCUT2D eigenvalue weighted by Gasteiger charge is 2.10. The molecule has 0 amide bonds. The van der Waals surface area contributed by atoms with Crippen LogP contribution in [0.15, 0.2) is 30.9 Å². The van der Waals surface area contributed by atoms with Crippen molar-refractivity contribution in [2.75, 3.05) is 5.73 Å². The predicted octanol–water partition coefficient (Wildman–Crippen LogP) is 0.550. The normalized spacial score (nSPS) is 10.8. The van der Waals surface area contributed by atoms with Gasteiger partial charge in [-0.1, -0.05) is 6.07 Å². The van der Waals surface area contributed by atoms with Gasteiger partial charge in [-0.3, -0.25) is 0 Å². The number of fused-ring (bicyclic) bond motifs is 1. The molecule has 0 fully saturated rings. The Hall–Kier alpha value is -3.03. The topological polar surface area (TPSA) is 120 Å². The van der Waals surface area contributed by atoms with Crippen molar-refractivity contribution in [2.24, 2.45) is 0 Å². The molecular weight excluding hydrogens is 260 g/mol. The lowest BCUT2D eigenvalue weighted by Crippen LogP contribution is -2.06. The van der Waals surface area contributed by atoms with E-state index in [1.807, 2.05) is 0 Å². The van der Waals surface area contributed by atoms with Gasteiger partial charge >= 0.3 is 5.97 Å². The molecule has 3 rings (SSSR count). The van der Waals surface area contributed by atoms with Crippen LogP contribution in [0, 0.1) is 0 Å². The molecule has 0 aliphatic rings. The average Bonchev–Trinajstić information content (AvgIpc) is 2.84. The molecule has 0 atom stereocenters. The smallest absolute Gasteiger partial charge is 0.354 e. The largest absolute Gasteiger partial charge is 0.477 e. The Balaban J connectivity index is 1.99. The molecule has 20 heavy (non-hydrogen) atoms. The summed E-state index contributed by atoms with van der Waals surface area (Å²) in [6.45, 7) is 0.355. The SMILES string of the molecule is Nc1ncnc2c1ncn2Cc1cccc(C(=O)O)n1. The number of anilines is 1. The molecule has 3 heterocycles. The minimum atomic E-state index is -1.06.